The van der Waals surface area contributed by atoms with Crippen molar-refractivity contribution in [3.8, 4) is 0 Å². The monoisotopic (exact) mass is 155 g/mol. The molecule has 0 aromatic rings. The van der Waals surface area contributed by atoms with Crippen LogP contribution >= 0.6 is 0 Å². The topological polar surface area (TPSA) is 19.9 Å². The average Bonchev–Trinajstić information content (AvgIpc) is 1.95. The molecule has 1 aliphatic carbocycles. The fourth-order valence-electron chi connectivity index (χ4n) is 1.70. The van der Waals surface area contributed by atoms with Gasteiger partial charge >= 0.3 is 0 Å². The summed E-state index contributed by atoms with van der Waals surface area (Å²) >= 11 is 0. The van der Waals surface area contributed by atoms with Crippen LogP contribution in [0, 0.1) is 0 Å². The fourth-order valence-corrected chi connectivity index (χ4v) is 1.70. The van der Waals surface area contributed by atoms with Gasteiger partial charge in [-0.1, -0.05) is 32.6 Å². The molecule has 0 atom stereocenters. The number of hydrogen-bond acceptors (Lipinski definition) is 0. The van der Waals surface area contributed by atoms with Gasteiger partial charge in [0.2, 0.25) is 0 Å². The van der Waals surface area contributed by atoms with Gasteiger partial charge in [0.05, 0.1) is 0 Å². The first-order valence-corrected chi connectivity index (χ1v) is 4.97. The van der Waals surface area contributed by atoms with E-state index in [-0.39, 0.29) is 0 Å². The van der Waals surface area contributed by atoms with Crippen LogP contribution in [0.5, 0.6) is 0 Å². The van der Waals surface area contributed by atoms with Crippen molar-refractivity contribution in [1.29, 1.82) is 0 Å². The maximum absolute atomic E-state index is 11.5. The third-order valence-corrected chi connectivity index (χ3v) is 2.75. The van der Waals surface area contributed by atoms with Crippen LogP contribution in [0.3, 0.4) is 0 Å². The van der Waals surface area contributed by atoms with Crippen molar-refractivity contribution in [1.82, 2.24) is 0 Å². The molecule has 1 fully saturated rings. The molecule has 1 saturated carbocycles. The van der Waals surface area contributed by atoms with Crippen LogP contribution in [0.2, 0.25) is 0 Å². The molecule has 11 heavy (non-hydrogen) atoms. The van der Waals surface area contributed by atoms with Crippen LogP contribution in [-0.4, -0.2) is 5.60 Å². The zero-order valence-corrected chi connectivity index (χ0v) is 7.57. The first-order chi connectivity index (χ1) is 5.27. The molecule has 0 aromatic carbocycles. The summed E-state index contributed by atoms with van der Waals surface area (Å²) in [6.45, 7) is 2.20. The molecule has 0 amide bonds. The van der Waals surface area contributed by atoms with E-state index in [1.165, 1.54) is 25.7 Å². The zero-order valence-electron chi connectivity index (χ0n) is 7.57. The number of unbranched alkanes of at least 4 members (excludes halogenated alkanes) is 3. The third-order valence-electron chi connectivity index (χ3n) is 2.75. The molecule has 0 aliphatic heterocycles. The number of rotatable bonds is 5. The lowest BCUT2D eigenvalue weighted by molar-refractivity contribution is -0.0984. The van der Waals surface area contributed by atoms with Crippen molar-refractivity contribution in [2.75, 3.05) is 0 Å². The summed E-state index contributed by atoms with van der Waals surface area (Å²) in [7, 11) is 0. The van der Waals surface area contributed by atoms with Crippen molar-refractivity contribution in [2.45, 2.75) is 63.9 Å². The predicted molar refractivity (Wildman–Crippen MR) is 46.0 cm³/mol. The van der Waals surface area contributed by atoms with Crippen LogP contribution in [0.25, 0.3) is 0 Å². The number of hydrogen-bond donors (Lipinski definition) is 0. The molecule has 65 valence electrons. The Morgan fingerprint density at radius 2 is 1.91 bits per heavy atom. The summed E-state index contributed by atoms with van der Waals surface area (Å²) in [5.74, 6) is 0. The highest BCUT2D eigenvalue weighted by Crippen LogP contribution is 2.36. The molecule has 1 aliphatic rings. The normalized spacial score (nSPS) is 21.3. The van der Waals surface area contributed by atoms with E-state index in [1.54, 1.807) is 0 Å². The molecule has 0 saturated heterocycles. The second kappa shape index (κ2) is 4.10. The van der Waals surface area contributed by atoms with Gasteiger partial charge in [-0.2, -0.15) is 0 Å². The third kappa shape index (κ3) is 2.82. The SMILES string of the molecule is CCCCCCC1([O])CCC1. The minimum atomic E-state index is -0.478. The van der Waals surface area contributed by atoms with Gasteiger partial charge in [-0.05, 0) is 25.7 Å². The highest BCUT2D eigenvalue weighted by atomic mass is 16.3. The van der Waals surface area contributed by atoms with Crippen LogP contribution < -0.4 is 0 Å². The highest BCUT2D eigenvalue weighted by Gasteiger charge is 2.35. The molecule has 1 radical (unpaired) electrons. The minimum absolute atomic E-state index is 0.478. The van der Waals surface area contributed by atoms with Crippen LogP contribution in [-0.2, 0) is 5.11 Å². The molecule has 0 spiro atoms. The van der Waals surface area contributed by atoms with Gasteiger partial charge in [-0.25, -0.2) is 5.11 Å². The molecule has 1 rings (SSSR count). The average molecular weight is 155 g/mol. The van der Waals surface area contributed by atoms with Crippen molar-refractivity contribution in [2.24, 2.45) is 0 Å². The molecule has 0 N–H and O–H groups in total. The Labute approximate surface area is 69.8 Å². The van der Waals surface area contributed by atoms with Gasteiger partial charge in [-0.15, -0.1) is 0 Å². The van der Waals surface area contributed by atoms with Crippen LogP contribution in [0.15, 0.2) is 0 Å². The summed E-state index contributed by atoms with van der Waals surface area (Å²) in [4.78, 5) is 0. The highest BCUT2D eigenvalue weighted by molar-refractivity contribution is 4.86. The first-order valence-electron chi connectivity index (χ1n) is 4.97. The lowest BCUT2D eigenvalue weighted by Crippen LogP contribution is -2.34. The molecular formula is C10H19O. The van der Waals surface area contributed by atoms with Crippen molar-refractivity contribution < 1.29 is 5.11 Å². The van der Waals surface area contributed by atoms with Gasteiger partial charge in [0, 0.05) is 0 Å². The lowest BCUT2D eigenvalue weighted by atomic mass is 9.77. The predicted octanol–water partition coefficient (Wildman–Crippen LogP) is 3.31. The Hall–Kier alpha value is -0.0400. The van der Waals surface area contributed by atoms with Gasteiger partial charge in [0.25, 0.3) is 0 Å². The van der Waals surface area contributed by atoms with Crippen LogP contribution in [0.4, 0.5) is 0 Å². The van der Waals surface area contributed by atoms with E-state index in [0.717, 1.165) is 25.7 Å². The lowest BCUT2D eigenvalue weighted by Gasteiger charge is -2.34. The minimum Gasteiger partial charge on any atom is -0.229 e. The summed E-state index contributed by atoms with van der Waals surface area (Å²) in [5.41, 5.74) is -0.478. The standard InChI is InChI=1S/C10H19O/c1-2-3-4-5-7-10(11)8-6-9-10/h2-9H2,1H3. The summed E-state index contributed by atoms with van der Waals surface area (Å²) in [6.07, 6.45) is 9.00. The quantitative estimate of drug-likeness (QED) is 0.543. The largest absolute Gasteiger partial charge is 0.229 e. The van der Waals surface area contributed by atoms with E-state index >= 15 is 0 Å². The summed E-state index contributed by atoms with van der Waals surface area (Å²) < 4.78 is 0. The Morgan fingerprint density at radius 3 is 2.36 bits per heavy atom. The van der Waals surface area contributed by atoms with E-state index in [4.69, 9.17) is 0 Å². The smallest absolute Gasteiger partial charge is 0.104 e. The fraction of sp³-hybridized carbons (Fsp3) is 1.00. The van der Waals surface area contributed by atoms with Gasteiger partial charge in [0.1, 0.15) is 5.60 Å². The second-order valence-corrected chi connectivity index (χ2v) is 3.85. The van der Waals surface area contributed by atoms with Crippen molar-refractivity contribution in [3.05, 3.63) is 0 Å². The van der Waals surface area contributed by atoms with Crippen molar-refractivity contribution >= 4 is 0 Å². The molecule has 0 aromatic heterocycles. The first kappa shape index (κ1) is 9.05. The molecule has 0 heterocycles. The Kier molecular flexibility index (Phi) is 3.38. The van der Waals surface area contributed by atoms with Crippen molar-refractivity contribution in [3.63, 3.8) is 0 Å². The van der Waals surface area contributed by atoms with E-state index in [0.29, 0.717) is 0 Å². The molecule has 1 heteroatoms. The van der Waals surface area contributed by atoms with Gasteiger partial charge < -0.3 is 0 Å². The molecule has 0 bridgehead atoms. The zero-order chi connectivity index (χ0) is 8.16. The van der Waals surface area contributed by atoms with Gasteiger partial charge in [-0.3, -0.25) is 0 Å². The summed E-state index contributed by atoms with van der Waals surface area (Å²) in [5, 5.41) is 11.5. The second-order valence-electron chi connectivity index (χ2n) is 3.85. The molecule has 0 unspecified atom stereocenters. The Bertz CT molecular complexity index is 105. The maximum Gasteiger partial charge on any atom is 0.104 e. The molecule has 1 nitrogen and oxygen atoms in total. The maximum atomic E-state index is 11.5. The molecular weight excluding hydrogens is 136 g/mol. The van der Waals surface area contributed by atoms with E-state index < -0.39 is 5.60 Å². The Morgan fingerprint density at radius 1 is 1.18 bits per heavy atom. The van der Waals surface area contributed by atoms with Crippen LogP contribution in [0.1, 0.15) is 58.3 Å². The summed E-state index contributed by atoms with van der Waals surface area (Å²) in [6, 6.07) is 0. The Balaban J connectivity index is 1.94. The van der Waals surface area contributed by atoms with E-state index in [9.17, 15) is 5.11 Å². The van der Waals surface area contributed by atoms with E-state index in [1.807, 2.05) is 0 Å². The van der Waals surface area contributed by atoms with Gasteiger partial charge in [0.15, 0.2) is 0 Å². The van der Waals surface area contributed by atoms with E-state index in [2.05, 4.69) is 6.92 Å².